The van der Waals surface area contributed by atoms with Gasteiger partial charge in [-0.1, -0.05) is 6.07 Å². The largest absolute Gasteiger partial charge is 0.396 e. The van der Waals surface area contributed by atoms with Crippen LogP contribution < -0.4 is 9.80 Å². The molecule has 1 aliphatic heterocycles. The molecule has 140 valence electrons. The van der Waals surface area contributed by atoms with Crippen LogP contribution >= 0.6 is 0 Å². The maximum atomic E-state index is 14.1. The van der Waals surface area contributed by atoms with Crippen molar-refractivity contribution in [2.75, 3.05) is 43.6 Å². The van der Waals surface area contributed by atoms with Crippen LogP contribution in [0.4, 0.5) is 20.5 Å². The summed E-state index contributed by atoms with van der Waals surface area (Å²) < 4.78 is 27.3. The van der Waals surface area contributed by atoms with Gasteiger partial charge < -0.3 is 14.9 Å². The summed E-state index contributed by atoms with van der Waals surface area (Å²) in [7, 11) is 3.83. The molecule has 1 saturated heterocycles. The van der Waals surface area contributed by atoms with Crippen LogP contribution in [0.1, 0.15) is 18.4 Å². The highest BCUT2D eigenvalue weighted by Crippen LogP contribution is 2.35. The van der Waals surface area contributed by atoms with Gasteiger partial charge in [0.1, 0.15) is 17.5 Å². The third-order valence-corrected chi connectivity index (χ3v) is 4.95. The highest BCUT2D eigenvalue weighted by Gasteiger charge is 2.37. The van der Waals surface area contributed by atoms with E-state index in [1.807, 2.05) is 30.0 Å². The number of hydrogen-bond donors (Lipinski definition) is 1. The Morgan fingerprint density at radius 1 is 1.27 bits per heavy atom. The minimum absolute atomic E-state index is 0.0757. The van der Waals surface area contributed by atoms with Gasteiger partial charge in [-0.25, -0.2) is 13.8 Å². The Bertz CT molecular complexity index is 771. The van der Waals surface area contributed by atoms with E-state index in [0.717, 1.165) is 31.3 Å². The van der Waals surface area contributed by atoms with Gasteiger partial charge in [0, 0.05) is 44.9 Å². The highest BCUT2D eigenvalue weighted by atomic mass is 19.1. The van der Waals surface area contributed by atoms with E-state index in [0.29, 0.717) is 24.5 Å². The van der Waals surface area contributed by atoms with Crippen molar-refractivity contribution in [3.8, 4) is 0 Å². The Labute approximate surface area is 152 Å². The van der Waals surface area contributed by atoms with Crippen LogP contribution in [0.3, 0.4) is 0 Å². The van der Waals surface area contributed by atoms with Crippen LogP contribution in [-0.2, 0) is 6.42 Å². The third-order valence-electron chi connectivity index (χ3n) is 4.95. The zero-order chi connectivity index (χ0) is 18.7. The summed E-state index contributed by atoms with van der Waals surface area (Å²) >= 11 is 0. The van der Waals surface area contributed by atoms with Gasteiger partial charge in [-0.15, -0.1) is 0 Å². The summed E-state index contributed by atoms with van der Waals surface area (Å²) in [4.78, 5) is 12.9. The lowest BCUT2D eigenvalue weighted by Gasteiger charge is -2.42. The van der Waals surface area contributed by atoms with E-state index in [9.17, 15) is 13.9 Å². The molecule has 2 aromatic rings. The number of piperidine rings is 1. The number of aliphatic hydroxyl groups excluding tert-OH is 1. The standard InChI is InChI=1S/C19H24F2N4O/c1-24(2)17-6-8-22-18(23-17)25-9-3-7-19(12-25,13-26)11-14-4-5-15(20)10-16(14)21/h4-6,8,10,26H,3,7,9,11-13H2,1-2H3/t19-/m1/s1. The van der Waals surface area contributed by atoms with Gasteiger partial charge >= 0.3 is 0 Å². The van der Waals surface area contributed by atoms with Gasteiger partial charge in [0.15, 0.2) is 0 Å². The fourth-order valence-corrected chi connectivity index (χ4v) is 3.52. The molecule has 5 nitrogen and oxygen atoms in total. The van der Waals surface area contributed by atoms with Crippen LogP contribution in [-0.4, -0.2) is 48.9 Å². The average molecular weight is 362 g/mol. The molecule has 7 heteroatoms. The molecule has 0 unspecified atom stereocenters. The van der Waals surface area contributed by atoms with Crippen LogP contribution in [0.5, 0.6) is 0 Å². The van der Waals surface area contributed by atoms with Crippen molar-refractivity contribution in [3.05, 3.63) is 47.7 Å². The van der Waals surface area contributed by atoms with Crippen molar-refractivity contribution in [2.24, 2.45) is 5.41 Å². The number of benzene rings is 1. The van der Waals surface area contributed by atoms with Crippen molar-refractivity contribution >= 4 is 11.8 Å². The number of aromatic nitrogens is 2. The minimum atomic E-state index is -0.594. The molecule has 0 bridgehead atoms. The van der Waals surface area contributed by atoms with E-state index >= 15 is 0 Å². The van der Waals surface area contributed by atoms with E-state index in [-0.39, 0.29) is 6.61 Å². The molecule has 1 aromatic heterocycles. The van der Waals surface area contributed by atoms with Crippen LogP contribution in [0.25, 0.3) is 0 Å². The Kier molecular flexibility index (Phi) is 5.36. The second kappa shape index (κ2) is 7.53. The minimum Gasteiger partial charge on any atom is -0.396 e. The Balaban J connectivity index is 1.83. The van der Waals surface area contributed by atoms with E-state index in [2.05, 4.69) is 9.97 Å². The third kappa shape index (κ3) is 3.93. The van der Waals surface area contributed by atoms with Crippen LogP contribution in [0.15, 0.2) is 30.5 Å². The molecule has 2 heterocycles. The summed E-state index contributed by atoms with van der Waals surface area (Å²) in [5.41, 5.74) is -0.0840. The van der Waals surface area contributed by atoms with E-state index in [1.165, 1.54) is 12.1 Å². The number of rotatable bonds is 5. The number of anilines is 2. The Hall–Kier alpha value is -2.28. The first kappa shape index (κ1) is 18.5. The SMILES string of the molecule is CN(C)c1ccnc(N2CCC[C@@](CO)(Cc3ccc(F)cc3F)C2)n1. The summed E-state index contributed by atoms with van der Waals surface area (Å²) in [6.45, 7) is 1.23. The van der Waals surface area contributed by atoms with Crippen molar-refractivity contribution in [3.63, 3.8) is 0 Å². The molecule has 0 saturated carbocycles. The Morgan fingerprint density at radius 2 is 2.08 bits per heavy atom. The molecular weight excluding hydrogens is 338 g/mol. The lowest BCUT2D eigenvalue weighted by Crippen LogP contribution is -2.47. The summed E-state index contributed by atoms with van der Waals surface area (Å²) in [6.07, 6.45) is 3.68. The number of aliphatic hydroxyl groups is 1. The van der Waals surface area contributed by atoms with Crippen LogP contribution in [0.2, 0.25) is 0 Å². The molecule has 0 spiro atoms. The van der Waals surface area contributed by atoms with Gasteiger partial charge in [-0.05, 0) is 37.0 Å². The normalized spacial score (nSPS) is 20.3. The highest BCUT2D eigenvalue weighted by molar-refractivity contribution is 5.43. The van der Waals surface area contributed by atoms with E-state index in [1.54, 1.807) is 6.20 Å². The molecule has 1 fully saturated rings. The van der Waals surface area contributed by atoms with Gasteiger partial charge in [0.25, 0.3) is 0 Å². The molecule has 0 amide bonds. The topological polar surface area (TPSA) is 52.5 Å². The molecule has 3 rings (SSSR count). The van der Waals surface area contributed by atoms with Crippen molar-refractivity contribution < 1.29 is 13.9 Å². The molecule has 26 heavy (non-hydrogen) atoms. The Morgan fingerprint density at radius 3 is 2.77 bits per heavy atom. The maximum Gasteiger partial charge on any atom is 0.227 e. The number of hydrogen-bond acceptors (Lipinski definition) is 5. The van der Waals surface area contributed by atoms with Crippen molar-refractivity contribution in [2.45, 2.75) is 19.3 Å². The first-order valence-electron chi connectivity index (χ1n) is 8.73. The van der Waals surface area contributed by atoms with Gasteiger partial charge in [0.2, 0.25) is 5.95 Å². The maximum absolute atomic E-state index is 14.1. The number of halogens is 2. The van der Waals surface area contributed by atoms with Gasteiger partial charge in [0.05, 0.1) is 6.61 Å². The summed E-state index contributed by atoms with van der Waals surface area (Å²) in [5.74, 6) is 0.248. The lowest BCUT2D eigenvalue weighted by atomic mass is 9.75. The van der Waals surface area contributed by atoms with E-state index < -0.39 is 17.0 Å². The molecule has 1 aliphatic rings. The van der Waals surface area contributed by atoms with E-state index in [4.69, 9.17) is 0 Å². The predicted molar refractivity (Wildman–Crippen MR) is 97.4 cm³/mol. The lowest BCUT2D eigenvalue weighted by molar-refractivity contribution is 0.104. The van der Waals surface area contributed by atoms with Gasteiger partial charge in [-0.2, -0.15) is 4.98 Å². The van der Waals surface area contributed by atoms with Crippen LogP contribution in [0, 0.1) is 17.0 Å². The molecule has 1 atom stereocenters. The fraction of sp³-hybridized carbons (Fsp3) is 0.474. The molecule has 1 aromatic carbocycles. The van der Waals surface area contributed by atoms with Gasteiger partial charge in [-0.3, -0.25) is 0 Å². The summed E-state index contributed by atoms with van der Waals surface area (Å²) in [6, 6.07) is 5.45. The molecule has 0 aliphatic carbocycles. The molecule has 0 radical (unpaired) electrons. The predicted octanol–water partition coefficient (Wildman–Crippen LogP) is 2.64. The first-order chi connectivity index (χ1) is 12.4. The van der Waals surface area contributed by atoms with Crippen molar-refractivity contribution in [1.29, 1.82) is 0 Å². The summed E-state index contributed by atoms with van der Waals surface area (Å²) in [5, 5.41) is 10.1. The smallest absolute Gasteiger partial charge is 0.227 e. The second-order valence-corrected chi connectivity index (χ2v) is 7.20. The van der Waals surface area contributed by atoms with Crippen molar-refractivity contribution in [1.82, 2.24) is 9.97 Å². The zero-order valence-electron chi connectivity index (χ0n) is 15.1. The zero-order valence-corrected chi connectivity index (χ0v) is 15.1. The monoisotopic (exact) mass is 362 g/mol. The second-order valence-electron chi connectivity index (χ2n) is 7.20. The number of nitrogens with zero attached hydrogens (tertiary/aromatic N) is 4. The quantitative estimate of drug-likeness (QED) is 0.886. The molecule has 1 N–H and O–H groups in total. The first-order valence-corrected chi connectivity index (χ1v) is 8.73. The average Bonchev–Trinajstić information content (AvgIpc) is 2.64. The molecular formula is C19H24F2N4O. The fourth-order valence-electron chi connectivity index (χ4n) is 3.52.